The van der Waals surface area contributed by atoms with Gasteiger partial charge in [-0.1, -0.05) is 0 Å². The number of carbonyl (C=O) groups is 1. The fourth-order valence-corrected chi connectivity index (χ4v) is 1.74. The van der Waals surface area contributed by atoms with E-state index in [0.717, 1.165) is 0 Å². The van der Waals surface area contributed by atoms with Crippen molar-refractivity contribution in [1.29, 1.82) is 0 Å². The average molecular weight is 282 g/mol. The summed E-state index contributed by atoms with van der Waals surface area (Å²) in [5.74, 6) is -0.259. The maximum atomic E-state index is 12.2. The number of nitro benzene ring substituents is 1. The zero-order chi connectivity index (χ0) is 15.0. The van der Waals surface area contributed by atoms with Gasteiger partial charge in [0.1, 0.15) is 0 Å². The lowest BCUT2D eigenvalue weighted by atomic mass is 10.1. The molecule has 0 radical (unpaired) electrons. The van der Waals surface area contributed by atoms with E-state index in [0.29, 0.717) is 25.1 Å². The third-order valence-corrected chi connectivity index (χ3v) is 2.76. The van der Waals surface area contributed by atoms with Crippen molar-refractivity contribution in [2.24, 2.45) is 0 Å². The number of non-ortho nitro benzene ring substituents is 1. The fraction of sp³-hybridized carbons (Fsp3) is 0.462. The molecule has 0 aromatic heterocycles. The van der Waals surface area contributed by atoms with Gasteiger partial charge in [-0.2, -0.15) is 0 Å². The average Bonchev–Trinajstić information content (AvgIpc) is 2.46. The molecule has 0 heterocycles. The van der Waals surface area contributed by atoms with Crippen molar-refractivity contribution in [2.45, 2.75) is 6.42 Å². The van der Waals surface area contributed by atoms with E-state index in [9.17, 15) is 14.9 Å². The van der Waals surface area contributed by atoms with Crippen molar-refractivity contribution in [3.63, 3.8) is 0 Å². The van der Waals surface area contributed by atoms with Gasteiger partial charge in [-0.15, -0.1) is 0 Å². The van der Waals surface area contributed by atoms with Crippen LogP contribution in [0.5, 0.6) is 0 Å². The maximum Gasteiger partial charge on any atom is 0.269 e. The van der Waals surface area contributed by atoms with Crippen molar-refractivity contribution in [1.82, 2.24) is 4.90 Å². The standard InChI is InChI=1S/C13H18N2O5/c1-20-10-2-7-14(8-9-16)13(17)11-3-5-12(6-4-11)15(18)19/h3-6,16H,2,7-10H2,1H3. The van der Waals surface area contributed by atoms with E-state index in [1.54, 1.807) is 7.11 Å². The first-order chi connectivity index (χ1) is 9.60. The number of nitro groups is 1. The minimum absolute atomic E-state index is 0.0605. The number of benzene rings is 1. The summed E-state index contributed by atoms with van der Waals surface area (Å²) in [5, 5.41) is 19.5. The van der Waals surface area contributed by atoms with E-state index in [2.05, 4.69) is 0 Å². The molecule has 7 heteroatoms. The van der Waals surface area contributed by atoms with Crippen LogP contribution in [0.4, 0.5) is 5.69 Å². The summed E-state index contributed by atoms with van der Waals surface area (Å²) in [4.78, 5) is 23.8. The van der Waals surface area contributed by atoms with Crippen molar-refractivity contribution < 1.29 is 19.6 Å². The summed E-state index contributed by atoms with van der Waals surface area (Å²) < 4.78 is 4.92. The third-order valence-electron chi connectivity index (χ3n) is 2.76. The van der Waals surface area contributed by atoms with Gasteiger partial charge in [0, 0.05) is 44.5 Å². The fourth-order valence-electron chi connectivity index (χ4n) is 1.74. The molecule has 1 N–H and O–H groups in total. The molecule has 0 bridgehead atoms. The van der Waals surface area contributed by atoms with Gasteiger partial charge in [0.05, 0.1) is 11.5 Å². The quantitative estimate of drug-likeness (QED) is 0.437. The zero-order valence-corrected chi connectivity index (χ0v) is 11.3. The van der Waals surface area contributed by atoms with E-state index in [1.165, 1.54) is 29.2 Å². The summed E-state index contributed by atoms with van der Waals surface area (Å²) >= 11 is 0. The van der Waals surface area contributed by atoms with Crippen LogP contribution >= 0.6 is 0 Å². The number of nitrogens with zero attached hydrogens (tertiary/aromatic N) is 2. The van der Waals surface area contributed by atoms with Gasteiger partial charge in [0.25, 0.3) is 11.6 Å². The van der Waals surface area contributed by atoms with Gasteiger partial charge in [-0.25, -0.2) is 0 Å². The Balaban J connectivity index is 2.74. The molecule has 0 atom stereocenters. The Kier molecular flexibility index (Phi) is 6.61. The second-order valence-corrected chi connectivity index (χ2v) is 4.17. The number of ether oxygens (including phenoxy) is 1. The molecule has 1 aromatic rings. The van der Waals surface area contributed by atoms with Crippen LogP contribution in [0.25, 0.3) is 0 Å². The van der Waals surface area contributed by atoms with Crippen LogP contribution < -0.4 is 0 Å². The van der Waals surface area contributed by atoms with Crippen LogP contribution in [-0.4, -0.2) is 54.3 Å². The van der Waals surface area contributed by atoms with Crippen molar-refractivity contribution in [2.75, 3.05) is 33.4 Å². The van der Waals surface area contributed by atoms with Crippen LogP contribution in [0.2, 0.25) is 0 Å². The van der Waals surface area contributed by atoms with E-state index in [1.807, 2.05) is 0 Å². The molecule has 1 amide bonds. The molecule has 20 heavy (non-hydrogen) atoms. The highest BCUT2D eigenvalue weighted by Gasteiger charge is 2.16. The number of hydrogen-bond donors (Lipinski definition) is 1. The largest absolute Gasteiger partial charge is 0.395 e. The second-order valence-electron chi connectivity index (χ2n) is 4.17. The topological polar surface area (TPSA) is 92.9 Å². The second kappa shape index (κ2) is 8.23. The molecule has 110 valence electrons. The van der Waals surface area contributed by atoms with Crippen molar-refractivity contribution in [3.8, 4) is 0 Å². The summed E-state index contributed by atoms with van der Waals surface area (Å²) in [6.45, 7) is 1.07. The van der Waals surface area contributed by atoms with E-state index < -0.39 is 4.92 Å². The first kappa shape index (κ1) is 16.1. The minimum atomic E-state index is -0.516. The van der Waals surface area contributed by atoms with Crippen molar-refractivity contribution >= 4 is 11.6 Å². The van der Waals surface area contributed by atoms with Crippen LogP contribution in [0.3, 0.4) is 0 Å². The van der Waals surface area contributed by atoms with E-state index in [-0.39, 0.29) is 24.7 Å². The summed E-state index contributed by atoms with van der Waals surface area (Å²) in [5.41, 5.74) is 0.302. The molecule has 0 aliphatic carbocycles. The lowest BCUT2D eigenvalue weighted by Gasteiger charge is -2.21. The highest BCUT2D eigenvalue weighted by Crippen LogP contribution is 2.13. The Morgan fingerprint density at radius 3 is 2.50 bits per heavy atom. The first-order valence-electron chi connectivity index (χ1n) is 6.23. The molecular weight excluding hydrogens is 264 g/mol. The van der Waals surface area contributed by atoms with Gasteiger partial charge >= 0.3 is 0 Å². The first-order valence-corrected chi connectivity index (χ1v) is 6.23. The van der Waals surface area contributed by atoms with Gasteiger partial charge in [-0.05, 0) is 18.6 Å². The summed E-state index contributed by atoms with van der Waals surface area (Å²) in [6, 6.07) is 5.42. The molecule has 1 rings (SSSR count). The third kappa shape index (κ3) is 4.60. The van der Waals surface area contributed by atoms with Crippen LogP contribution in [0, 0.1) is 10.1 Å². The Morgan fingerprint density at radius 2 is 2.00 bits per heavy atom. The minimum Gasteiger partial charge on any atom is -0.395 e. The number of rotatable bonds is 8. The molecule has 0 spiro atoms. The maximum absolute atomic E-state index is 12.2. The molecule has 0 aliphatic rings. The molecule has 0 fully saturated rings. The number of hydrogen-bond acceptors (Lipinski definition) is 5. The van der Waals surface area contributed by atoms with E-state index >= 15 is 0 Å². The molecule has 0 saturated heterocycles. The highest BCUT2D eigenvalue weighted by molar-refractivity contribution is 5.94. The zero-order valence-electron chi connectivity index (χ0n) is 11.3. The van der Waals surface area contributed by atoms with E-state index in [4.69, 9.17) is 9.84 Å². The highest BCUT2D eigenvalue weighted by atomic mass is 16.6. The summed E-state index contributed by atoms with van der Waals surface area (Å²) in [7, 11) is 1.58. The smallest absolute Gasteiger partial charge is 0.269 e. The Bertz CT molecular complexity index is 447. The number of amides is 1. The van der Waals surface area contributed by atoms with Gasteiger partial charge in [-0.3, -0.25) is 14.9 Å². The molecule has 0 aliphatic heterocycles. The van der Waals surface area contributed by atoms with Gasteiger partial charge < -0.3 is 14.7 Å². The molecule has 7 nitrogen and oxygen atoms in total. The lowest BCUT2D eigenvalue weighted by Crippen LogP contribution is -2.34. The Labute approximate surface area is 116 Å². The molecule has 0 unspecified atom stereocenters. The molecular formula is C13H18N2O5. The normalized spacial score (nSPS) is 10.3. The van der Waals surface area contributed by atoms with Crippen LogP contribution in [0.15, 0.2) is 24.3 Å². The molecule has 1 aromatic carbocycles. The monoisotopic (exact) mass is 282 g/mol. The van der Waals surface area contributed by atoms with Gasteiger partial charge in [0.15, 0.2) is 0 Å². The predicted octanol–water partition coefficient (Wildman–Crippen LogP) is 1.07. The number of aliphatic hydroxyl groups excluding tert-OH is 1. The number of aliphatic hydroxyl groups is 1. The predicted molar refractivity (Wildman–Crippen MR) is 72.6 cm³/mol. The van der Waals surface area contributed by atoms with Crippen molar-refractivity contribution in [3.05, 3.63) is 39.9 Å². The summed E-state index contributed by atoms with van der Waals surface area (Å²) in [6.07, 6.45) is 0.662. The number of carbonyl (C=O) groups excluding carboxylic acids is 1. The number of methoxy groups -OCH3 is 1. The Hall–Kier alpha value is -1.99. The van der Waals surface area contributed by atoms with Crippen LogP contribution in [0.1, 0.15) is 16.8 Å². The van der Waals surface area contributed by atoms with Gasteiger partial charge in [0.2, 0.25) is 0 Å². The SMILES string of the molecule is COCCCN(CCO)C(=O)c1ccc([N+](=O)[O-])cc1. The Morgan fingerprint density at radius 1 is 1.35 bits per heavy atom. The molecule has 0 saturated carbocycles. The lowest BCUT2D eigenvalue weighted by molar-refractivity contribution is -0.384. The van der Waals surface area contributed by atoms with Crippen LogP contribution in [-0.2, 0) is 4.74 Å².